The molecular weight excluding hydrogens is 516 g/mol. The monoisotopic (exact) mass is 544 g/mol. The van der Waals surface area contributed by atoms with Gasteiger partial charge in [0, 0.05) is 11.0 Å². The molecule has 0 atom stereocenters. The molecule has 0 saturated carbocycles. The fourth-order valence-corrected chi connectivity index (χ4v) is 4.40. The van der Waals surface area contributed by atoms with Gasteiger partial charge in [-0.3, -0.25) is 9.36 Å². The van der Waals surface area contributed by atoms with E-state index in [4.69, 9.17) is 9.47 Å². The van der Waals surface area contributed by atoms with Crippen molar-refractivity contribution < 1.29 is 14.3 Å². The van der Waals surface area contributed by atoms with Crippen LogP contribution in [-0.2, 0) is 17.9 Å². The maximum Gasteiger partial charge on any atom is 0.234 e. The molecule has 7 nitrogen and oxygen atoms in total. The lowest BCUT2D eigenvalue weighted by Crippen LogP contribution is -2.15. The molecule has 1 aromatic heterocycles. The van der Waals surface area contributed by atoms with Crippen LogP contribution in [0.4, 0.5) is 5.69 Å². The maximum absolute atomic E-state index is 12.6. The van der Waals surface area contributed by atoms with E-state index in [2.05, 4.69) is 57.9 Å². The number of thioether (sulfide) groups is 1. The molecule has 0 spiro atoms. The van der Waals surface area contributed by atoms with Gasteiger partial charge in [-0.15, -0.1) is 16.8 Å². The zero-order valence-electron chi connectivity index (χ0n) is 19.6. The van der Waals surface area contributed by atoms with Gasteiger partial charge in [0.05, 0.1) is 18.0 Å². The summed E-state index contributed by atoms with van der Waals surface area (Å²) in [6.07, 6.45) is 1.77. The van der Waals surface area contributed by atoms with Gasteiger partial charge >= 0.3 is 0 Å². The number of anilines is 1. The summed E-state index contributed by atoms with van der Waals surface area (Å²) in [6.45, 7) is 11.3. The first-order valence-electron chi connectivity index (χ1n) is 11.0. The Kier molecular flexibility index (Phi) is 9.59. The molecule has 0 aliphatic carbocycles. The molecule has 0 radical (unpaired) electrons. The lowest BCUT2D eigenvalue weighted by atomic mass is 10.0. The second kappa shape index (κ2) is 12.6. The summed E-state index contributed by atoms with van der Waals surface area (Å²) in [5.41, 5.74) is 1.76. The molecule has 180 valence electrons. The second-order valence-electron chi connectivity index (χ2n) is 7.69. The van der Waals surface area contributed by atoms with Crippen LogP contribution in [0.5, 0.6) is 11.5 Å². The largest absolute Gasteiger partial charge is 0.492 e. The van der Waals surface area contributed by atoms with Crippen LogP contribution in [-0.4, -0.2) is 33.0 Å². The Balaban J connectivity index is 1.66. The smallest absolute Gasteiger partial charge is 0.234 e. The highest BCUT2D eigenvalue weighted by molar-refractivity contribution is 9.10. The summed E-state index contributed by atoms with van der Waals surface area (Å²) in [6, 6.07) is 13.3. The van der Waals surface area contributed by atoms with Crippen molar-refractivity contribution in [2.24, 2.45) is 0 Å². The molecule has 0 unspecified atom stereocenters. The number of hydrogen-bond donors (Lipinski definition) is 1. The first-order chi connectivity index (χ1) is 16.4. The van der Waals surface area contributed by atoms with E-state index in [-0.39, 0.29) is 18.3 Å². The van der Waals surface area contributed by atoms with Crippen LogP contribution in [0.2, 0.25) is 0 Å². The Labute approximate surface area is 213 Å². The van der Waals surface area contributed by atoms with Crippen molar-refractivity contribution >= 4 is 39.3 Å². The lowest BCUT2D eigenvalue weighted by Gasteiger charge is -2.15. The Hall–Kier alpha value is -2.78. The summed E-state index contributed by atoms with van der Waals surface area (Å²) < 4.78 is 14.6. The van der Waals surface area contributed by atoms with Gasteiger partial charge < -0.3 is 14.8 Å². The summed E-state index contributed by atoms with van der Waals surface area (Å²) >= 11 is 4.83. The molecule has 34 heavy (non-hydrogen) atoms. The van der Waals surface area contributed by atoms with Gasteiger partial charge in [0.15, 0.2) is 11.0 Å². The molecule has 0 fully saturated rings. The van der Waals surface area contributed by atoms with Crippen molar-refractivity contribution in [1.29, 1.82) is 0 Å². The van der Waals surface area contributed by atoms with Crippen molar-refractivity contribution in [2.75, 3.05) is 17.7 Å². The third kappa shape index (κ3) is 6.87. The predicted octanol–water partition coefficient (Wildman–Crippen LogP) is 6.06. The van der Waals surface area contributed by atoms with Gasteiger partial charge in [-0.2, -0.15) is 0 Å². The third-order valence-corrected chi connectivity index (χ3v) is 6.31. The molecule has 0 aliphatic rings. The number of nitrogens with zero attached hydrogens (tertiary/aromatic N) is 3. The molecule has 0 aliphatic heterocycles. The lowest BCUT2D eigenvalue weighted by molar-refractivity contribution is -0.113. The van der Waals surface area contributed by atoms with E-state index >= 15 is 0 Å². The highest BCUT2D eigenvalue weighted by Crippen LogP contribution is 2.30. The first-order valence-corrected chi connectivity index (χ1v) is 12.8. The fraction of sp³-hybridized carbons (Fsp3) is 0.320. The van der Waals surface area contributed by atoms with Crippen molar-refractivity contribution in [3.05, 3.63) is 71.0 Å². The van der Waals surface area contributed by atoms with Gasteiger partial charge in [0.2, 0.25) is 5.91 Å². The standard InChI is InChI=1S/C25H29BrN4O3S/c1-5-13-30-23(15-33-21-12-11-18(26)14-19(21)17(3)4)28-29-25(30)34-16-24(31)27-20-9-7-8-10-22(20)32-6-2/h5,7-12,14,17H,1,6,13,15-16H2,2-4H3,(H,27,31). The van der Waals surface area contributed by atoms with E-state index < -0.39 is 0 Å². The van der Waals surface area contributed by atoms with Crippen LogP contribution in [0.25, 0.3) is 0 Å². The number of nitrogens with one attached hydrogen (secondary N) is 1. The summed E-state index contributed by atoms with van der Waals surface area (Å²) in [5, 5.41) is 12.1. The maximum atomic E-state index is 12.6. The van der Waals surface area contributed by atoms with E-state index in [1.807, 2.05) is 47.9 Å². The van der Waals surface area contributed by atoms with Crippen molar-refractivity contribution in [3.8, 4) is 11.5 Å². The topological polar surface area (TPSA) is 78.3 Å². The highest BCUT2D eigenvalue weighted by atomic mass is 79.9. The molecule has 3 aromatic rings. The van der Waals surface area contributed by atoms with Crippen LogP contribution in [0.15, 0.2) is 64.7 Å². The van der Waals surface area contributed by atoms with Crippen molar-refractivity contribution in [1.82, 2.24) is 14.8 Å². The van der Waals surface area contributed by atoms with Crippen molar-refractivity contribution in [2.45, 2.75) is 45.0 Å². The summed E-state index contributed by atoms with van der Waals surface area (Å²) in [4.78, 5) is 12.6. The van der Waals surface area contributed by atoms with Crippen LogP contribution in [0.1, 0.15) is 38.1 Å². The normalized spacial score (nSPS) is 10.9. The molecule has 2 aromatic carbocycles. The number of benzene rings is 2. The highest BCUT2D eigenvalue weighted by Gasteiger charge is 2.16. The number of carbonyl (C=O) groups excluding carboxylic acids is 1. The molecule has 3 rings (SSSR count). The van der Waals surface area contributed by atoms with Gasteiger partial charge in [0.25, 0.3) is 0 Å². The van der Waals surface area contributed by atoms with E-state index in [9.17, 15) is 4.79 Å². The third-order valence-electron chi connectivity index (χ3n) is 4.85. The number of hydrogen-bond acceptors (Lipinski definition) is 6. The summed E-state index contributed by atoms with van der Waals surface area (Å²) in [7, 11) is 0. The van der Waals surface area contributed by atoms with Crippen molar-refractivity contribution in [3.63, 3.8) is 0 Å². The molecular formula is C25H29BrN4O3S. The van der Waals surface area contributed by atoms with E-state index in [1.165, 1.54) is 11.8 Å². The molecule has 1 amide bonds. The second-order valence-corrected chi connectivity index (χ2v) is 9.55. The van der Waals surface area contributed by atoms with Gasteiger partial charge in [-0.05, 0) is 48.7 Å². The Bertz CT molecular complexity index is 1130. The summed E-state index contributed by atoms with van der Waals surface area (Å²) in [5.74, 6) is 2.47. The number of allylic oxidation sites excluding steroid dienone is 1. The molecule has 0 bridgehead atoms. The fourth-order valence-electron chi connectivity index (χ4n) is 3.26. The molecule has 0 saturated heterocycles. The van der Waals surface area contributed by atoms with Crippen LogP contribution in [0.3, 0.4) is 0 Å². The van der Waals surface area contributed by atoms with Crippen LogP contribution < -0.4 is 14.8 Å². The number of ether oxygens (including phenoxy) is 2. The minimum atomic E-state index is -0.153. The number of halogens is 1. The predicted molar refractivity (Wildman–Crippen MR) is 140 cm³/mol. The Morgan fingerprint density at radius 2 is 2.00 bits per heavy atom. The van der Waals surface area contributed by atoms with E-state index in [0.717, 1.165) is 15.8 Å². The average molecular weight is 546 g/mol. The van der Waals surface area contributed by atoms with E-state index in [0.29, 0.717) is 41.5 Å². The zero-order chi connectivity index (χ0) is 24.5. The van der Waals surface area contributed by atoms with Crippen LogP contribution >= 0.6 is 27.7 Å². The van der Waals surface area contributed by atoms with E-state index in [1.54, 1.807) is 6.08 Å². The first kappa shape index (κ1) is 25.8. The minimum Gasteiger partial charge on any atom is -0.492 e. The average Bonchev–Trinajstić information content (AvgIpc) is 3.20. The number of aromatic nitrogens is 3. The van der Waals surface area contributed by atoms with Gasteiger partial charge in [-0.25, -0.2) is 0 Å². The number of carbonyl (C=O) groups is 1. The Morgan fingerprint density at radius 1 is 1.21 bits per heavy atom. The number of para-hydroxylation sites is 2. The molecule has 1 heterocycles. The number of amides is 1. The van der Waals surface area contributed by atoms with Crippen LogP contribution in [0, 0.1) is 0 Å². The molecule has 1 N–H and O–H groups in total. The SMILES string of the molecule is C=CCn1c(COc2ccc(Br)cc2C(C)C)nnc1SCC(=O)Nc1ccccc1OCC. The molecule has 9 heteroatoms. The minimum absolute atomic E-state index is 0.153. The van der Waals surface area contributed by atoms with Gasteiger partial charge in [-0.1, -0.05) is 59.7 Å². The van der Waals surface area contributed by atoms with Gasteiger partial charge in [0.1, 0.15) is 18.1 Å². The Morgan fingerprint density at radius 3 is 2.74 bits per heavy atom. The quantitative estimate of drug-likeness (QED) is 0.220. The zero-order valence-corrected chi connectivity index (χ0v) is 22.0. The number of rotatable bonds is 12.